The Labute approximate surface area is 125 Å². The van der Waals surface area contributed by atoms with Crippen molar-refractivity contribution in [3.63, 3.8) is 0 Å². The summed E-state index contributed by atoms with van der Waals surface area (Å²) in [4.78, 5) is 14.7. The lowest BCUT2D eigenvalue weighted by Gasteiger charge is -2.34. The highest BCUT2D eigenvalue weighted by Crippen LogP contribution is 2.22. The minimum atomic E-state index is 0.131. The lowest BCUT2D eigenvalue weighted by molar-refractivity contribution is 0.0661. The molecule has 2 unspecified atom stereocenters. The van der Waals surface area contributed by atoms with E-state index in [0.717, 1.165) is 36.9 Å². The first-order valence-electron chi connectivity index (χ1n) is 7.69. The summed E-state index contributed by atoms with van der Waals surface area (Å²) in [5.41, 5.74) is 6.78. The van der Waals surface area contributed by atoms with Crippen LogP contribution in [0.5, 0.6) is 0 Å². The molecule has 2 aromatic rings. The smallest absolute Gasteiger partial charge is 0.253 e. The maximum atomic E-state index is 12.7. The highest BCUT2D eigenvalue weighted by Gasteiger charge is 2.26. The van der Waals surface area contributed by atoms with Gasteiger partial charge in [-0.05, 0) is 48.6 Å². The predicted octanol–water partition coefficient (Wildman–Crippen LogP) is 3.04. The van der Waals surface area contributed by atoms with E-state index >= 15 is 0 Å². The predicted molar refractivity (Wildman–Crippen MR) is 86.2 cm³/mol. The molecule has 110 valence electrons. The molecule has 1 aliphatic heterocycles. The third-order valence-electron chi connectivity index (χ3n) is 4.49. The molecule has 0 aromatic heterocycles. The van der Waals surface area contributed by atoms with Crippen molar-refractivity contribution < 1.29 is 4.79 Å². The van der Waals surface area contributed by atoms with Gasteiger partial charge in [-0.15, -0.1) is 0 Å². The fourth-order valence-corrected chi connectivity index (χ4v) is 3.13. The fraction of sp³-hybridized carbons (Fsp3) is 0.389. The van der Waals surface area contributed by atoms with Crippen LogP contribution in [0.3, 0.4) is 0 Å². The van der Waals surface area contributed by atoms with Crippen molar-refractivity contribution in [3.8, 4) is 0 Å². The Kier molecular flexibility index (Phi) is 3.93. The van der Waals surface area contributed by atoms with Gasteiger partial charge in [0.2, 0.25) is 0 Å². The number of benzene rings is 2. The third-order valence-corrected chi connectivity index (χ3v) is 4.49. The third kappa shape index (κ3) is 2.93. The van der Waals surface area contributed by atoms with Crippen molar-refractivity contribution >= 4 is 16.7 Å². The van der Waals surface area contributed by atoms with Gasteiger partial charge in [-0.2, -0.15) is 0 Å². The number of hydrogen-bond donors (Lipinski definition) is 1. The second kappa shape index (κ2) is 5.86. The van der Waals surface area contributed by atoms with Crippen molar-refractivity contribution in [3.05, 3.63) is 48.0 Å². The molecule has 0 radical (unpaired) electrons. The van der Waals surface area contributed by atoms with Gasteiger partial charge in [0, 0.05) is 24.7 Å². The Bertz CT molecular complexity index is 650. The lowest BCUT2D eigenvalue weighted by Crippen LogP contribution is -2.45. The summed E-state index contributed by atoms with van der Waals surface area (Å²) in [5, 5.41) is 2.28. The second-order valence-corrected chi connectivity index (χ2v) is 6.07. The van der Waals surface area contributed by atoms with Gasteiger partial charge in [-0.3, -0.25) is 4.79 Å². The van der Waals surface area contributed by atoms with E-state index in [1.165, 1.54) is 5.39 Å². The summed E-state index contributed by atoms with van der Waals surface area (Å²) >= 11 is 0. The molecule has 3 rings (SSSR count). The molecular formula is C18H22N2O. The largest absolute Gasteiger partial charge is 0.338 e. The van der Waals surface area contributed by atoms with Crippen LogP contribution in [0.15, 0.2) is 42.5 Å². The number of likely N-dealkylation sites (tertiary alicyclic amines) is 1. The molecule has 2 N–H and O–H groups in total. The van der Waals surface area contributed by atoms with E-state index in [9.17, 15) is 4.79 Å². The summed E-state index contributed by atoms with van der Waals surface area (Å²) in [7, 11) is 0. The number of fused-ring (bicyclic) bond motifs is 1. The van der Waals surface area contributed by atoms with Crippen LogP contribution in [-0.4, -0.2) is 29.9 Å². The van der Waals surface area contributed by atoms with Crippen molar-refractivity contribution in [1.82, 2.24) is 4.90 Å². The zero-order chi connectivity index (χ0) is 14.8. The summed E-state index contributed by atoms with van der Waals surface area (Å²) in [6.07, 6.45) is 2.17. The summed E-state index contributed by atoms with van der Waals surface area (Å²) in [6.45, 7) is 3.66. The van der Waals surface area contributed by atoms with Crippen molar-refractivity contribution in [2.45, 2.75) is 25.8 Å². The summed E-state index contributed by atoms with van der Waals surface area (Å²) in [5.74, 6) is 0.550. The van der Waals surface area contributed by atoms with Crippen molar-refractivity contribution in [2.24, 2.45) is 11.7 Å². The molecule has 0 aliphatic carbocycles. The lowest BCUT2D eigenvalue weighted by atomic mass is 9.91. The van der Waals surface area contributed by atoms with Crippen LogP contribution in [0.2, 0.25) is 0 Å². The Hall–Kier alpha value is -1.87. The molecule has 3 heteroatoms. The maximum Gasteiger partial charge on any atom is 0.253 e. The number of carbonyl (C=O) groups is 1. The Balaban J connectivity index is 1.82. The number of carbonyl (C=O) groups excluding carboxylic acids is 1. The first kappa shape index (κ1) is 14.1. The molecular weight excluding hydrogens is 260 g/mol. The van der Waals surface area contributed by atoms with Crippen LogP contribution in [0.25, 0.3) is 10.8 Å². The van der Waals surface area contributed by atoms with Gasteiger partial charge in [0.25, 0.3) is 5.91 Å². The topological polar surface area (TPSA) is 46.3 Å². The number of nitrogens with two attached hydrogens (primary N) is 1. The summed E-state index contributed by atoms with van der Waals surface area (Å²) < 4.78 is 0. The van der Waals surface area contributed by atoms with E-state index in [4.69, 9.17) is 5.73 Å². The average Bonchev–Trinajstić information content (AvgIpc) is 2.53. The summed E-state index contributed by atoms with van der Waals surface area (Å²) in [6, 6.07) is 14.2. The molecule has 0 bridgehead atoms. The van der Waals surface area contributed by atoms with Gasteiger partial charge < -0.3 is 10.6 Å². The molecule has 21 heavy (non-hydrogen) atoms. The standard InChI is InChI=1S/C18H22N2O/c1-13(19)17-7-4-10-20(12-17)18(21)16-9-8-14-5-2-3-6-15(14)11-16/h2-3,5-6,8-9,11,13,17H,4,7,10,12,19H2,1H3. The Morgan fingerprint density at radius 1 is 1.24 bits per heavy atom. The number of nitrogens with zero attached hydrogens (tertiary/aromatic N) is 1. The van der Waals surface area contributed by atoms with Crippen molar-refractivity contribution in [2.75, 3.05) is 13.1 Å². The molecule has 1 aliphatic rings. The van der Waals surface area contributed by atoms with Crippen LogP contribution in [-0.2, 0) is 0 Å². The molecule has 1 saturated heterocycles. The molecule has 1 heterocycles. The van der Waals surface area contributed by atoms with Gasteiger partial charge in [0.1, 0.15) is 0 Å². The number of hydrogen-bond acceptors (Lipinski definition) is 2. The fourth-order valence-electron chi connectivity index (χ4n) is 3.13. The molecule has 2 aromatic carbocycles. The minimum Gasteiger partial charge on any atom is -0.338 e. The van der Waals surface area contributed by atoms with E-state index < -0.39 is 0 Å². The molecule has 1 fully saturated rings. The molecule has 0 spiro atoms. The van der Waals surface area contributed by atoms with Crippen LogP contribution in [0.1, 0.15) is 30.1 Å². The van der Waals surface area contributed by atoms with Gasteiger partial charge in [-0.25, -0.2) is 0 Å². The van der Waals surface area contributed by atoms with Crippen LogP contribution in [0.4, 0.5) is 0 Å². The Morgan fingerprint density at radius 3 is 2.76 bits per heavy atom. The molecule has 3 nitrogen and oxygen atoms in total. The van der Waals surface area contributed by atoms with Gasteiger partial charge in [0.05, 0.1) is 0 Å². The molecule has 1 amide bonds. The molecule has 0 saturated carbocycles. The monoisotopic (exact) mass is 282 g/mol. The molecule has 2 atom stereocenters. The van der Waals surface area contributed by atoms with E-state index in [2.05, 4.69) is 6.07 Å². The zero-order valence-corrected chi connectivity index (χ0v) is 12.5. The highest BCUT2D eigenvalue weighted by atomic mass is 16.2. The Morgan fingerprint density at radius 2 is 2.00 bits per heavy atom. The second-order valence-electron chi connectivity index (χ2n) is 6.07. The highest BCUT2D eigenvalue weighted by molar-refractivity contribution is 5.98. The van der Waals surface area contributed by atoms with Gasteiger partial charge in [0.15, 0.2) is 0 Å². The van der Waals surface area contributed by atoms with Gasteiger partial charge >= 0.3 is 0 Å². The van der Waals surface area contributed by atoms with Crippen molar-refractivity contribution in [1.29, 1.82) is 0 Å². The zero-order valence-electron chi connectivity index (χ0n) is 12.5. The number of amides is 1. The quantitative estimate of drug-likeness (QED) is 0.920. The SMILES string of the molecule is CC(N)C1CCCN(C(=O)c2ccc3ccccc3c2)C1. The normalized spacial score (nSPS) is 20.5. The number of rotatable bonds is 2. The van der Waals surface area contributed by atoms with E-state index in [0.29, 0.717) is 5.92 Å². The van der Waals surface area contributed by atoms with E-state index in [-0.39, 0.29) is 11.9 Å². The van der Waals surface area contributed by atoms with Crippen LogP contribution < -0.4 is 5.73 Å². The number of piperidine rings is 1. The van der Waals surface area contributed by atoms with E-state index in [1.807, 2.05) is 48.2 Å². The van der Waals surface area contributed by atoms with Crippen LogP contribution >= 0.6 is 0 Å². The van der Waals surface area contributed by atoms with Gasteiger partial charge in [-0.1, -0.05) is 30.3 Å². The minimum absolute atomic E-state index is 0.131. The first-order chi connectivity index (χ1) is 10.1. The van der Waals surface area contributed by atoms with E-state index in [1.54, 1.807) is 0 Å². The first-order valence-corrected chi connectivity index (χ1v) is 7.69. The van der Waals surface area contributed by atoms with Crippen LogP contribution in [0, 0.1) is 5.92 Å². The average molecular weight is 282 g/mol. The maximum absolute atomic E-state index is 12.7.